The van der Waals surface area contributed by atoms with Crippen molar-refractivity contribution < 1.29 is 0 Å². The smallest absolute Gasteiger partial charge is 0.0721 e. The van der Waals surface area contributed by atoms with Crippen LogP contribution in [0.15, 0.2) is 89.9 Å². The Morgan fingerprint density at radius 1 is 0.750 bits per heavy atom. The number of hydrogen-bond donors (Lipinski definition) is 0. The maximum absolute atomic E-state index is 4.69. The summed E-state index contributed by atoms with van der Waals surface area (Å²) in [5.74, 6) is 6.46. The highest BCUT2D eigenvalue weighted by Gasteiger charge is 2.01. The van der Waals surface area contributed by atoms with E-state index in [1.807, 2.05) is 72.9 Å². The van der Waals surface area contributed by atoms with Crippen molar-refractivity contribution in [1.82, 2.24) is 0 Å². The van der Waals surface area contributed by atoms with Crippen LogP contribution in [0.2, 0.25) is 0 Å². The van der Waals surface area contributed by atoms with Crippen molar-refractivity contribution in [2.75, 3.05) is 0 Å². The average molecular weight is 309 g/mol. The summed E-state index contributed by atoms with van der Waals surface area (Å²) in [6, 6.07) is 28.6. The van der Waals surface area contributed by atoms with Crippen LogP contribution in [0.4, 0.5) is 0 Å². The van der Waals surface area contributed by atoms with Crippen LogP contribution in [0.5, 0.6) is 0 Å². The third-order valence-electron chi connectivity index (χ3n) is 3.80. The lowest BCUT2D eigenvalue weighted by molar-refractivity contribution is 0.825. The second kappa shape index (κ2) is 7.94. The summed E-state index contributed by atoms with van der Waals surface area (Å²) in [6.45, 7) is 2.10. The first kappa shape index (κ1) is 15.8. The van der Waals surface area contributed by atoms with E-state index in [1.165, 1.54) is 5.56 Å². The van der Waals surface area contributed by atoms with Gasteiger partial charge in [0.05, 0.1) is 6.04 Å². The molecule has 3 aromatic rings. The molecule has 24 heavy (non-hydrogen) atoms. The van der Waals surface area contributed by atoms with Crippen LogP contribution in [0.1, 0.15) is 35.2 Å². The fourth-order valence-electron chi connectivity index (χ4n) is 2.39. The molecule has 0 aliphatic rings. The molecule has 116 valence electrons. The molecular formula is C23H19N. The summed E-state index contributed by atoms with van der Waals surface area (Å²) in [5.41, 5.74) is 4.26. The van der Waals surface area contributed by atoms with Gasteiger partial charge in [0, 0.05) is 22.9 Å². The fraction of sp³-hybridized carbons (Fsp3) is 0.0870. The molecule has 1 unspecified atom stereocenters. The van der Waals surface area contributed by atoms with E-state index in [0.717, 1.165) is 16.7 Å². The Kier molecular flexibility index (Phi) is 5.22. The summed E-state index contributed by atoms with van der Waals surface area (Å²) < 4.78 is 0. The lowest BCUT2D eigenvalue weighted by Crippen LogP contribution is -1.93. The monoisotopic (exact) mass is 309 g/mol. The zero-order valence-corrected chi connectivity index (χ0v) is 13.7. The molecule has 0 aliphatic heterocycles. The molecule has 0 bridgehead atoms. The summed E-state index contributed by atoms with van der Waals surface area (Å²) in [7, 11) is 0. The third-order valence-corrected chi connectivity index (χ3v) is 3.80. The molecule has 0 amide bonds. The summed E-state index contributed by atoms with van der Waals surface area (Å²) >= 11 is 0. The highest BCUT2D eigenvalue weighted by molar-refractivity contribution is 5.83. The van der Waals surface area contributed by atoms with E-state index < -0.39 is 0 Å². The SMILES string of the molecule is CC(N=Cc1ccccc1C#Cc1ccccc1)c1ccccc1. The normalized spacial score (nSPS) is 11.7. The van der Waals surface area contributed by atoms with Gasteiger partial charge in [-0.25, -0.2) is 0 Å². The van der Waals surface area contributed by atoms with Gasteiger partial charge in [-0.05, 0) is 30.7 Å². The lowest BCUT2D eigenvalue weighted by Gasteiger charge is -2.06. The van der Waals surface area contributed by atoms with Crippen LogP contribution in [-0.4, -0.2) is 6.21 Å². The Balaban J connectivity index is 1.82. The Labute approximate surface area is 143 Å². The molecule has 3 aromatic carbocycles. The summed E-state index contributed by atoms with van der Waals surface area (Å²) in [4.78, 5) is 4.69. The van der Waals surface area contributed by atoms with Crippen LogP contribution >= 0.6 is 0 Å². The van der Waals surface area contributed by atoms with Crippen molar-refractivity contribution in [3.8, 4) is 11.8 Å². The van der Waals surface area contributed by atoms with Crippen LogP contribution < -0.4 is 0 Å². The van der Waals surface area contributed by atoms with Crippen LogP contribution in [-0.2, 0) is 0 Å². The minimum atomic E-state index is 0.126. The van der Waals surface area contributed by atoms with Crippen LogP contribution in [0.3, 0.4) is 0 Å². The largest absolute Gasteiger partial charge is 0.285 e. The van der Waals surface area contributed by atoms with E-state index in [2.05, 4.69) is 42.0 Å². The molecule has 0 aliphatic carbocycles. The molecule has 0 radical (unpaired) electrons. The minimum Gasteiger partial charge on any atom is -0.285 e. The Morgan fingerprint density at radius 3 is 2.12 bits per heavy atom. The van der Waals surface area contributed by atoms with E-state index >= 15 is 0 Å². The molecule has 1 atom stereocenters. The van der Waals surface area contributed by atoms with Crippen LogP contribution in [0, 0.1) is 11.8 Å². The molecule has 0 saturated heterocycles. The highest BCUT2D eigenvalue weighted by Crippen LogP contribution is 2.16. The number of aliphatic imine (C=N–C) groups is 1. The van der Waals surface area contributed by atoms with Gasteiger partial charge in [0.2, 0.25) is 0 Å². The maximum Gasteiger partial charge on any atom is 0.0721 e. The van der Waals surface area contributed by atoms with Crippen molar-refractivity contribution in [3.05, 3.63) is 107 Å². The predicted molar refractivity (Wildman–Crippen MR) is 101 cm³/mol. The topological polar surface area (TPSA) is 12.4 Å². The standard InChI is InChI=1S/C23H19N/c1-19(21-12-6-3-7-13-21)24-18-23-15-9-8-14-22(23)17-16-20-10-4-2-5-11-20/h2-15,18-19H,1H3. The van der Waals surface area contributed by atoms with Gasteiger partial charge in [-0.15, -0.1) is 0 Å². The van der Waals surface area contributed by atoms with E-state index in [9.17, 15) is 0 Å². The minimum absolute atomic E-state index is 0.126. The van der Waals surface area contributed by atoms with Crippen molar-refractivity contribution in [2.45, 2.75) is 13.0 Å². The van der Waals surface area contributed by atoms with Crippen molar-refractivity contribution in [3.63, 3.8) is 0 Å². The van der Waals surface area contributed by atoms with Crippen molar-refractivity contribution in [2.24, 2.45) is 4.99 Å². The van der Waals surface area contributed by atoms with E-state index in [1.54, 1.807) is 0 Å². The lowest BCUT2D eigenvalue weighted by atomic mass is 10.1. The van der Waals surface area contributed by atoms with Gasteiger partial charge in [-0.1, -0.05) is 78.6 Å². The number of hydrogen-bond acceptors (Lipinski definition) is 1. The fourth-order valence-corrected chi connectivity index (χ4v) is 2.39. The van der Waals surface area contributed by atoms with Gasteiger partial charge in [0.25, 0.3) is 0 Å². The molecule has 0 fully saturated rings. The first-order chi connectivity index (χ1) is 11.8. The maximum atomic E-state index is 4.69. The molecule has 3 rings (SSSR count). The first-order valence-electron chi connectivity index (χ1n) is 8.07. The average Bonchev–Trinajstić information content (AvgIpc) is 2.66. The molecular weight excluding hydrogens is 290 g/mol. The van der Waals surface area contributed by atoms with E-state index in [-0.39, 0.29) is 6.04 Å². The number of rotatable bonds is 3. The zero-order chi connectivity index (χ0) is 16.6. The summed E-state index contributed by atoms with van der Waals surface area (Å²) in [6.07, 6.45) is 1.92. The number of nitrogens with zero attached hydrogens (tertiary/aromatic N) is 1. The Morgan fingerprint density at radius 2 is 1.38 bits per heavy atom. The quantitative estimate of drug-likeness (QED) is 0.462. The predicted octanol–water partition coefficient (Wildman–Crippen LogP) is 5.27. The molecule has 1 heteroatoms. The van der Waals surface area contributed by atoms with E-state index in [0.29, 0.717) is 0 Å². The molecule has 1 nitrogen and oxygen atoms in total. The zero-order valence-electron chi connectivity index (χ0n) is 13.7. The molecule has 0 aromatic heterocycles. The second-order valence-electron chi connectivity index (χ2n) is 5.57. The van der Waals surface area contributed by atoms with Gasteiger partial charge in [-0.2, -0.15) is 0 Å². The molecule has 0 saturated carbocycles. The van der Waals surface area contributed by atoms with Crippen LogP contribution in [0.25, 0.3) is 0 Å². The van der Waals surface area contributed by atoms with Gasteiger partial charge >= 0.3 is 0 Å². The number of benzene rings is 3. The van der Waals surface area contributed by atoms with E-state index in [4.69, 9.17) is 0 Å². The van der Waals surface area contributed by atoms with Gasteiger partial charge in [-0.3, -0.25) is 4.99 Å². The molecule has 0 N–H and O–H groups in total. The van der Waals surface area contributed by atoms with Crippen molar-refractivity contribution in [1.29, 1.82) is 0 Å². The summed E-state index contributed by atoms with van der Waals surface area (Å²) in [5, 5.41) is 0. The highest BCUT2D eigenvalue weighted by atomic mass is 14.8. The molecule has 0 spiro atoms. The van der Waals surface area contributed by atoms with Gasteiger partial charge in [0.1, 0.15) is 0 Å². The Hall–Kier alpha value is -3.11. The first-order valence-corrected chi connectivity index (χ1v) is 8.07. The third kappa shape index (κ3) is 4.21. The Bertz CT molecular complexity index is 868. The molecule has 0 heterocycles. The van der Waals surface area contributed by atoms with Crippen molar-refractivity contribution >= 4 is 6.21 Å². The second-order valence-corrected chi connectivity index (χ2v) is 5.57. The van der Waals surface area contributed by atoms with Gasteiger partial charge in [0.15, 0.2) is 0 Å². The van der Waals surface area contributed by atoms with Gasteiger partial charge < -0.3 is 0 Å².